The van der Waals surface area contributed by atoms with Gasteiger partial charge in [-0.15, -0.1) is 0 Å². The van der Waals surface area contributed by atoms with Gasteiger partial charge in [-0.3, -0.25) is 9.63 Å². The van der Waals surface area contributed by atoms with Gasteiger partial charge in [-0.05, 0) is 18.4 Å². The molecular weight excluding hydrogens is 216 g/mol. The van der Waals surface area contributed by atoms with Crippen molar-refractivity contribution in [2.24, 2.45) is 11.7 Å². The van der Waals surface area contributed by atoms with Gasteiger partial charge in [0, 0.05) is 0 Å². The molecular formula is C13H20N2O2. The summed E-state index contributed by atoms with van der Waals surface area (Å²) in [7, 11) is 0. The summed E-state index contributed by atoms with van der Waals surface area (Å²) in [6.45, 7) is 6.48. The molecule has 0 aromatic heterocycles. The summed E-state index contributed by atoms with van der Waals surface area (Å²) in [5.74, 6) is 0.0420. The molecule has 0 radical (unpaired) electrons. The highest BCUT2D eigenvalue weighted by molar-refractivity contribution is 5.81. The zero-order chi connectivity index (χ0) is 12.8. The molecule has 1 atom stereocenters. The van der Waals surface area contributed by atoms with E-state index in [1.165, 1.54) is 0 Å². The highest BCUT2D eigenvalue weighted by atomic mass is 16.7. The Bertz CT molecular complexity index is 360. The number of rotatable bonds is 5. The summed E-state index contributed by atoms with van der Waals surface area (Å²) >= 11 is 0. The van der Waals surface area contributed by atoms with Crippen LogP contribution < -0.4 is 11.2 Å². The Morgan fingerprint density at radius 3 is 2.47 bits per heavy atom. The van der Waals surface area contributed by atoms with Crippen LogP contribution in [0.5, 0.6) is 0 Å². The van der Waals surface area contributed by atoms with Crippen molar-refractivity contribution in [1.82, 2.24) is 5.48 Å². The fraction of sp³-hybridized carbons (Fsp3) is 0.462. The van der Waals surface area contributed by atoms with E-state index in [9.17, 15) is 4.79 Å². The lowest BCUT2D eigenvalue weighted by Crippen LogP contribution is -2.34. The number of nitrogens with one attached hydrogen (secondary N) is 1. The Kier molecular flexibility index (Phi) is 5.12. The van der Waals surface area contributed by atoms with Crippen LogP contribution in [-0.4, -0.2) is 12.5 Å². The summed E-state index contributed by atoms with van der Waals surface area (Å²) in [6, 6.07) is 6.86. The summed E-state index contributed by atoms with van der Waals surface area (Å²) in [5, 5.41) is 0. The maximum atomic E-state index is 11.6. The second-order valence-corrected chi connectivity index (χ2v) is 4.56. The number of benzene rings is 1. The first-order valence-electron chi connectivity index (χ1n) is 5.74. The molecule has 1 amide bonds. The van der Waals surface area contributed by atoms with Gasteiger partial charge in [-0.25, -0.2) is 5.48 Å². The van der Waals surface area contributed by atoms with Gasteiger partial charge in [0.2, 0.25) is 0 Å². The van der Waals surface area contributed by atoms with Gasteiger partial charge in [-0.1, -0.05) is 43.7 Å². The first-order chi connectivity index (χ1) is 8.00. The fourth-order valence-electron chi connectivity index (χ4n) is 1.27. The van der Waals surface area contributed by atoms with Crippen molar-refractivity contribution in [2.75, 3.05) is 6.61 Å². The van der Waals surface area contributed by atoms with Crippen LogP contribution in [0, 0.1) is 12.8 Å². The topological polar surface area (TPSA) is 64.4 Å². The summed E-state index contributed by atoms with van der Waals surface area (Å²) in [5.41, 5.74) is 10.1. The Morgan fingerprint density at radius 2 is 1.94 bits per heavy atom. The largest absolute Gasteiger partial charge is 0.316 e. The lowest BCUT2D eigenvalue weighted by Gasteiger charge is -2.13. The van der Waals surface area contributed by atoms with E-state index in [4.69, 9.17) is 10.6 Å². The molecule has 94 valence electrons. The minimum atomic E-state index is -0.692. The third-order valence-electron chi connectivity index (χ3n) is 2.31. The second kappa shape index (κ2) is 6.37. The minimum absolute atomic E-state index is 0.325. The number of carbonyl (C=O) groups is 1. The van der Waals surface area contributed by atoms with Gasteiger partial charge >= 0.3 is 0 Å². The average Bonchev–Trinajstić information content (AvgIpc) is 2.28. The van der Waals surface area contributed by atoms with Crippen molar-refractivity contribution in [3.8, 4) is 0 Å². The average molecular weight is 236 g/mol. The molecule has 0 saturated heterocycles. The quantitative estimate of drug-likeness (QED) is 0.765. The predicted octanol–water partition coefficient (Wildman–Crippen LogP) is 1.70. The lowest BCUT2D eigenvalue weighted by atomic mass is 10.1. The summed E-state index contributed by atoms with van der Waals surface area (Å²) in [4.78, 5) is 16.7. The van der Waals surface area contributed by atoms with E-state index in [2.05, 4.69) is 5.48 Å². The van der Waals surface area contributed by atoms with E-state index in [-0.39, 0.29) is 5.91 Å². The van der Waals surface area contributed by atoms with Gasteiger partial charge < -0.3 is 5.73 Å². The Morgan fingerprint density at radius 1 is 1.35 bits per heavy atom. The summed E-state index contributed by atoms with van der Waals surface area (Å²) in [6.07, 6.45) is 0. The van der Waals surface area contributed by atoms with Gasteiger partial charge in [-0.2, -0.15) is 0 Å². The van der Waals surface area contributed by atoms with E-state index in [1.54, 1.807) is 0 Å². The molecule has 17 heavy (non-hydrogen) atoms. The highest BCUT2D eigenvalue weighted by Gasteiger charge is 2.15. The molecule has 3 N–H and O–H groups in total. The maximum absolute atomic E-state index is 11.6. The fourth-order valence-corrected chi connectivity index (χ4v) is 1.27. The molecule has 0 spiro atoms. The van der Waals surface area contributed by atoms with E-state index in [0.29, 0.717) is 12.5 Å². The molecule has 0 saturated carbocycles. The number of hydroxylamine groups is 1. The third kappa shape index (κ3) is 4.54. The van der Waals surface area contributed by atoms with Crippen LogP contribution >= 0.6 is 0 Å². The number of hydrogen-bond donors (Lipinski definition) is 2. The Hall–Kier alpha value is -1.39. The Balaban J connectivity index is 2.49. The van der Waals surface area contributed by atoms with Gasteiger partial charge in [0.1, 0.15) is 6.04 Å². The number of aryl methyl sites for hydroxylation is 1. The first-order valence-corrected chi connectivity index (χ1v) is 5.74. The van der Waals surface area contributed by atoms with Crippen molar-refractivity contribution in [1.29, 1.82) is 0 Å². The van der Waals surface area contributed by atoms with E-state index in [1.807, 2.05) is 45.0 Å². The van der Waals surface area contributed by atoms with Crippen LogP contribution in [0.25, 0.3) is 0 Å². The normalized spacial score (nSPS) is 12.5. The number of nitrogens with two attached hydrogens (primary N) is 1. The van der Waals surface area contributed by atoms with Crippen molar-refractivity contribution >= 4 is 5.91 Å². The first kappa shape index (κ1) is 13.7. The molecule has 1 rings (SSSR count). The van der Waals surface area contributed by atoms with Crippen LogP contribution in [-0.2, 0) is 9.63 Å². The van der Waals surface area contributed by atoms with Crippen LogP contribution in [0.4, 0.5) is 0 Å². The van der Waals surface area contributed by atoms with Crippen molar-refractivity contribution in [3.05, 3.63) is 35.4 Å². The molecule has 0 aliphatic rings. The SMILES string of the molecule is Cc1ccc(C(N)C(=O)NOCC(C)C)cc1. The smallest absolute Gasteiger partial charge is 0.265 e. The van der Waals surface area contributed by atoms with E-state index >= 15 is 0 Å². The van der Waals surface area contributed by atoms with Crippen LogP contribution in [0.1, 0.15) is 31.0 Å². The molecule has 0 bridgehead atoms. The molecule has 1 aromatic carbocycles. The number of hydrogen-bond acceptors (Lipinski definition) is 3. The highest BCUT2D eigenvalue weighted by Crippen LogP contribution is 2.11. The van der Waals surface area contributed by atoms with Crippen molar-refractivity contribution < 1.29 is 9.63 Å². The maximum Gasteiger partial charge on any atom is 0.265 e. The molecule has 0 heterocycles. The van der Waals surface area contributed by atoms with Gasteiger partial charge in [0.25, 0.3) is 5.91 Å². The van der Waals surface area contributed by atoms with Crippen LogP contribution in [0.15, 0.2) is 24.3 Å². The monoisotopic (exact) mass is 236 g/mol. The molecule has 0 aliphatic carbocycles. The summed E-state index contributed by atoms with van der Waals surface area (Å²) < 4.78 is 0. The third-order valence-corrected chi connectivity index (χ3v) is 2.31. The molecule has 1 unspecified atom stereocenters. The Labute approximate surface area is 102 Å². The minimum Gasteiger partial charge on any atom is -0.316 e. The lowest BCUT2D eigenvalue weighted by molar-refractivity contribution is -0.135. The molecule has 0 fully saturated rings. The second-order valence-electron chi connectivity index (χ2n) is 4.56. The number of amides is 1. The molecule has 4 heteroatoms. The van der Waals surface area contributed by atoms with Gasteiger partial charge in [0.05, 0.1) is 6.61 Å². The zero-order valence-electron chi connectivity index (χ0n) is 10.6. The number of carbonyl (C=O) groups excluding carboxylic acids is 1. The molecule has 0 aliphatic heterocycles. The molecule has 1 aromatic rings. The van der Waals surface area contributed by atoms with Crippen LogP contribution in [0.2, 0.25) is 0 Å². The zero-order valence-corrected chi connectivity index (χ0v) is 10.6. The van der Waals surface area contributed by atoms with Crippen molar-refractivity contribution in [2.45, 2.75) is 26.8 Å². The molecule has 4 nitrogen and oxygen atoms in total. The van der Waals surface area contributed by atoms with Gasteiger partial charge in [0.15, 0.2) is 0 Å². The van der Waals surface area contributed by atoms with E-state index < -0.39 is 6.04 Å². The predicted molar refractivity (Wildman–Crippen MR) is 67.0 cm³/mol. The van der Waals surface area contributed by atoms with E-state index in [0.717, 1.165) is 11.1 Å². The standard InChI is InChI=1S/C13H20N2O2/c1-9(2)8-17-15-13(16)12(14)11-6-4-10(3)5-7-11/h4-7,9,12H,8,14H2,1-3H3,(H,15,16). The van der Waals surface area contributed by atoms with Crippen molar-refractivity contribution in [3.63, 3.8) is 0 Å². The van der Waals surface area contributed by atoms with Crippen LogP contribution in [0.3, 0.4) is 0 Å².